The first-order valence-electron chi connectivity index (χ1n) is 7.54. The average molecular weight is 338 g/mol. The summed E-state index contributed by atoms with van der Waals surface area (Å²) in [6.07, 6.45) is 0.512. The van der Waals surface area contributed by atoms with Gasteiger partial charge in [-0.25, -0.2) is 4.79 Å². The van der Waals surface area contributed by atoms with Crippen LogP contribution in [0.2, 0.25) is 5.02 Å². The summed E-state index contributed by atoms with van der Waals surface area (Å²) in [6.45, 7) is 3.39. The Balaban J connectivity index is 1.80. The van der Waals surface area contributed by atoms with Gasteiger partial charge in [0, 0.05) is 49.7 Å². The Bertz CT molecular complexity index is 598. The molecule has 0 saturated carbocycles. The van der Waals surface area contributed by atoms with Gasteiger partial charge in [-0.15, -0.1) is 0 Å². The Hall–Kier alpha value is -2.08. The van der Waals surface area contributed by atoms with Crippen molar-refractivity contribution in [2.45, 2.75) is 19.8 Å². The Morgan fingerprint density at radius 2 is 1.74 bits per heavy atom. The van der Waals surface area contributed by atoms with Crippen LogP contribution in [0.25, 0.3) is 0 Å². The van der Waals surface area contributed by atoms with Crippen molar-refractivity contribution in [1.82, 2.24) is 9.80 Å². The lowest BCUT2D eigenvalue weighted by Crippen LogP contribution is -2.51. The molecule has 0 aromatic heterocycles. The zero-order chi connectivity index (χ0) is 16.8. The van der Waals surface area contributed by atoms with E-state index in [2.05, 4.69) is 5.32 Å². The molecule has 1 aromatic rings. The van der Waals surface area contributed by atoms with Crippen molar-refractivity contribution in [3.05, 3.63) is 29.3 Å². The van der Waals surface area contributed by atoms with E-state index in [9.17, 15) is 14.4 Å². The van der Waals surface area contributed by atoms with Crippen molar-refractivity contribution < 1.29 is 14.4 Å². The molecule has 1 saturated heterocycles. The summed E-state index contributed by atoms with van der Waals surface area (Å²) in [4.78, 5) is 38.4. The number of urea groups is 1. The lowest BCUT2D eigenvalue weighted by Gasteiger charge is -2.34. The van der Waals surface area contributed by atoms with Crippen LogP contribution in [0.1, 0.15) is 19.8 Å². The van der Waals surface area contributed by atoms with E-state index in [0.29, 0.717) is 36.9 Å². The molecule has 1 aliphatic heterocycles. The minimum Gasteiger partial charge on any atom is -0.339 e. The molecule has 0 aliphatic carbocycles. The zero-order valence-electron chi connectivity index (χ0n) is 13.0. The number of piperazine rings is 1. The second-order valence-corrected chi connectivity index (χ2v) is 5.95. The highest BCUT2D eigenvalue weighted by Gasteiger charge is 2.24. The highest BCUT2D eigenvalue weighted by Crippen LogP contribution is 2.16. The molecule has 0 unspecified atom stereocenters. The van der Waals surface area contributed by atoms with Crippen LogP contribution in [0.15, 0.2) is 24.3 Å². The van der Waals surface area contributed by atoms with Gasteiger partial charge < -0.3 is 19.9 Å². The summed E-state index contributed by atoms with van der Waals surface area (Å²) in [6, 6.07) is 6.75. The summed E-state index contributed by atoms with van der Waals surface area (Å²) in [5, 5.41) is 3.35. The van der Waals surface area contributed by atoms with Crippen LogP contribution in [0.3, 0.4) is 0 Å². The first-order valence-corrected chi connectivity index (χ1v) is 7.92. The van der Waals surface area contributed by atoms with Crippen molar-refractivity contribution in [3.63, 3.8) is 0 Å². The molecule has 3 amide bonds. The molecule has 2 rings (SSSR count). The molecule has 1 aromatic carbocycles. The Kier molecular flexibility index (Phi) is 5.98. The normalized spacial score (nSPS) is 14.5. The fraction of sp³-hybridized carbons (Fsp3) is 0.438. The average Bonchev–Trinajstić information content (AvgIpc) is 2.52. The number of halogens is 1. The van der Waals surface area contributed by atoms with Gasteiger partial charge in [0.25, 0.3) is 0 Å². The number of anilines is 1. The zero-order valence-corrected chi connectivity index (χ0v) is 13.8. The maximum absolute atomic E-state index is 12.2. The molecule has 0 atom stereocenters. The molecular weight excluding hydrogens is 318 g/mol. The van der Waals surface area contributed by atoms with Crippen LogP contribution in [0.5, 0.6) is 0 Å². The number of carbonyl (C=O) groups excluding carboxylic acids is 3. The molecule has 0 radical (unpaired) electrons. The molecule has 6 nitrogen and oxygen atoms in total. The molecular formula is C16H20ClN3O3. The van der Waals surface area contributed by atoms with Crippen LogP contribution in [-0.4, -0.2) is 53.7 Å². The van der Waals surface area contributed by atoms with Gasteiger partial charge in [0.05, 0.1) is 0 Å². The lowest BCUT2D eigenvalue weighted by molar-refractivity contribution is -0.134. The van der Waals surface area contributed by atoms with E-state index in [0.717, 1.165) is 0 Å². The van der Waals surface area contributed by atoms with Gasteiger partial charge >= 0.3 is 6.03 Å². The number of hydrogen-bond acceptors (Lipinski definition) is 3. The largest absolute Gasteiger partial charge is 0.339 e. The summed E-state index contributed by atoms with van der Waals surface area (Å²) in [7, 11) is 0. The third-order valence-electron chi connectivity index (χ3n) is 3.69. The predicted molar refractivity (Wildman–Crippen MR) is 88.5 cm³/mol. The maximum Gasteiger partial charge on any atom is 0.321 e. The summed E-state index contributed by atoms with van der Waals surface area (Å²) < 4.78 is 0. The number of benzene rings is 1. The standard InChI is InChI=1S/C16H20ClN3O3/c1-12(21)5-6-15(22)19-7-9-20(10-8-19)16(23)18-14-4-2-3-13(17)11-14/h2-4,11H,5-10H2,1H3,(H,18,23). The molecule has 0 bridgehead atoms. The predicted octanol–water partition coefficient (Wildman–Crippen LogP) is 2.39. The van der Waals surface area contributed by atoms with Gasteiger partial charge in [0.15, 0.2) is 0 Å². The highest BCUT2D eigenvalue weighted by atomic mass is 35.5. The van der Waals surface area contributed by atoms with Crippen molar-refractivity contribution in [2.75, 3.05) is 31.5 Å². The van der Waals surface area contributed by atoms with Gasteiger partial charge in [-0.3, -0.25) is 4.79 Å². The molecule has 1 heterocycles. The number of nitrogens with one attached hydrogen (secondary N) is 1. The second kappa shape index (κ2) is 7.97. The summed E-state index contributed by atoms with van der Waals surface area (Å²) >= 11 is 5.89. The van der Waals surface area contributed by atoms with E-state index in [4.69, 9.17) is 11.6 Å². The van der Waals surface area contributed by atoms with E-state index in [1.807, 2.05) is 0 Å². The number of nitrogens with zero attached hydrogens (tertiary/aromatic N) is 2. The van der Waals surface area contributed by atoms with Gasteiger partial charge in [0.1, 0.15) is 5.78 Å². The number of Topliss-reactive ketones (excluding diaryl/α,β-unsaturated/α-hetero) is 1. The minimum atomic E-state index is -0.205. The molecule has 0 spiro atoms. The topological polar surface area (TPSA) is 69.7 Å². The van der Waals surface area contributed by atoms with E-state index >= 15 is 0 Å². The van der Waals surface area contributed by atoms with Crippen LogP contribution < -0.4 is 5.32 Å². The minimum absolute atomic E-state index is 0.0119. The Morgan fingerprint density at radius 1 is 1.09 bits per heavy atom. The first-order chi connectivity index (χ1) is 11.0. The van der Waals surface area contributed by atoms with Crippen LogP contribution in [-0.2, 0) is 9.59 Å². The smallest absolute Gasteiger partial charge is 0.321 e. The molecule has 1 N–H and O–H groups in total. The first kappa shape index (κ1) is 17.3. The number of rotatable bonds is 4. The maximum atomic E-state index is 12.2. The van der Waals surface area contributed by atoms with Crippen LogP contribution in [0.4, 0.5) is 10.5 Å². The van der Waals surface area contributed by atoms with Gasteiger partial charge in [-0.05, 0) is 25.1 Å². The molecule has 7 heteroatoms. The second-order valence-electron chi connectivity index (χ2n) is 5.51. The monoisotopic (exact) mass is 337 g/mol. The number of amides is 3. The number of carbonyl (C=O) groups is 3. The molecule has 1 aliphatic rings. The van der Waals surface area contributed by atoms with E-state index in [1.165, 1.54) is 6.92 Å². The third-order valence-corrected chi connectivity index (χ3v) is 3.92. The van der Waals surface area contributed by atoms with Crippen LogP contribution in [0, 0.1) is 0 Å². The summed E-state index contributed by atoms with van der Waals surface area (Å²) in [5.41, 5.74) is 0.641. The lowest BCUT2D eigenvalue weighted by atomic mass is 10.2. The van der Waals surface area contributed by atoms with Crippen molar-refractivity contribution in [3.8, 4) is 0 Å². The summed E-state index contributed by atoms with van der Waals surface area (Å²) in [5.74, 6) is -0.0204. The SMILES string of the molecule is CC(=O)CCC(=O)N1CCN(C(=O)Nc2cccc(Cl)c2)CC1. The van der Waals surface area contributed by atoms with Gasteiger partial charge in [0.2, 0.25) is 5.91 Å². The van der Waals surface area contributed by atoms with Crippen LogP contribution >= 0.6 is 11.6 Å². The van der Waals surface area contributed by atoms with E-state index in [1.54, 1.807) is 34.1 Å². The van der Waals surface area contributed by atoms with Crippen molar-refractivity contribution in [1.29, 1.82) is 0 Å². The number of hydrogen-bond donors (Lipinski definition) is 1. The molecule has 1 fully saturated rings. The highest BCUT2D eigenvalue weighted by molar-refractivity contribution is 6.30. The Labute approximate surface area is 140 Å². The molecule has 124 valence electrons. The molecule has 23 heavy (non-hydrogen) atoms. The van der Waals surface area contributed by atoms with E-state index < -0.39 is 0 Å². The van der Waals surface area contributed by atoms with Crippen molar-refractivity contribution in [2.24, 2.45) is 0 Å². The van der Waals surface area contributed by atoms with E-state index in [-0.39, 0.29) is 30.6 Å². The fourth-order valence-corrected chi connectivity index (χ4v) is 2.56. The Morgan fingerprint density at radius 3 is 2.35 bits per heavy atom. The van der Waals surface area contributed by atoms with Gasteiger partial charge in [-0.1, -0.05) is 17.7 Å². The quantitative estimate of drug-likeness (QED) is 0.917. The number of ketones is 1. The van der Waals surface area contributed by atoms with Gasteiger partial charge in [-0.2, -0.15) is 0 Å². The van der Waals surface area contributed by atoms with Crippen molar-refractivity contribution >= 4 is 35.0 Å². The third kappa shape index (κ3) is 5.25. The fourth-order valence-electron chi connectivity index (χ4n) is 2.37.